The molecule has 0 saturated heterocycles. The first-order valence-corrected chi connectivity index (χ1v) is 11.9. The number of imidazole rings is 1. The van der Waals surface area contributed by atoms with Crippen molar-refractivity contribution in [1.29, 1.82) is 0 Å². The molecule has 8 heteroatoms. The number of hydrogen-bond acceptors (Lipinski definition) is 4. The smallest absolute Gasteiger partial charge is 0.242 e. The Morgan fingerprint density at radius 2 is 1.81 bits per heavy atom. The van der Waals surface area contributed by atoms with Gasteiger partial charge in [0.05, 0.1) is 15.9 Å². The summed E-state index contributed by atoms with van der Waals surface area (Å²) in [5.74, 6) is 0.656. The summed E-state index contributed by atoms with van der Waals surface area (Å²) in [6, 6.07) is 12.9. The van der Waals surface area contributed by atoms with E-state index in [0.29, 0.717) is 11.9 Å². The van der Waals surface area contributed by atoms with E-state index in [1.54, 1.807) is 18.2 Å². The SMILES string of the molecule is CCCCc1ccc(NC(=O)CCc2nc3cc(S(=O)(=O)N(C)C)ccc3n2C)cc1. The van der Waals surface area contributed by atoms with Crippen LogP contribution in [0.3, 0.4) is 0 Å². The molecule has 1 heterocycles. The van der Waals surface area contributed by atoms with Crippen LogP contribution < -0.4 is 5.32 Å². The average Bonchev–Trinajstić information content (AvgIpc) is 3.06. The number of fused-ring (bicyclic) bond motifs is 1. The number of hydrogen-bond donors (Lipinski definition) is 1. The van der Waals surface area contributed by atoms with Crippen LogP contribution in [0.1, 0.15) is 37.6 Å². The third-order valence-electron chi connectivity index (χ3n) is 5.36. The minimum absolute atomic E-state index is 0.0794. The van der Waals surface area contributed by atoms with E-state index < -0.39 is 10.0 Å². The van der Waals surface area contributed by atoms with Gasteiger partial charge in [0.1, 0.15) is 5.82 Å². The van der Waals surface area contributed by atoms with E-state index in [9.17, 15) is 13.2 Å². The lowest BCUT2D eigenvalue weighted by Crippen LogP contribution is -2.22. The van der Waals surface area contributed by atoms with Gasteiger partial charge in [-0.2, -0.15) is 0 Å². The molecule has 0 unspecified atom stereocenters. The fraction of sp³-hybridized carbons (Fsp3) is 0.391. The van der Waals surface area contributed by atoms with Crippen LogP contribution in [-0.2, 0) is 34.7 Å². The first kappa shape index (κ1) is 23.0. The number of benzene rings is 2. The molecule has 1 amide bonds. The summed E-state index contributed by atoms with van der Waals surface area (Å²) in [7, 11) is 1.35. The number of nitrogens with one attached hydrogen (secondary N) is 1. The highest BCUT2D eigenvalue weighted by Crippen LogP contribution is 2.22. The van der Waals surface area contributed by atoms with Crippen LogP contribution in [0.4, 0.5) is 5.69 Å². The maximum absolute atomic E-state index is 12.4. The fourth-order valence-corrected chi connectivity index (χ4v) is 4.33. The van der Waals surface area contributed by atoms with Crippen LogP contribution in [0.15, 0.2) is 47.4 Å². The van der Waals surface area contributed by atoms with Gasteiger partial charge in [0.25, 0.3) is 0 Å². The van der Waals surface area contributed by atoms with E-state index >= 15 is 0 Å². The van der Waals surface area contributed by atoms with Crippen LogP contribution in [0, 0.1) is 0 Å². The number of anilines is 1. The molecule has 0 radical (unpaired) electrons. The lowest BCUT2D eigenvalue weighted by atomic mass is 10.1. The molecule has 0 atom stereocenters. The molecule has 3 aromatic rings. The van der Waals surface area contributed by atoms with Crippen LogP contribution in [0.25, 0.3) is 11.0 Å². The van der Waals surface area contributed by atoms with Gasteiger partial charge in [0.2, 0.25) is 15.9 Å². The van der Waals surface area contributed by atoms with E-state index in [-0.39, 0.29) is 17.2 Å². The highest BCUT2D eigenvalue weighted by molar-refractivity contribution is 7.89. The Morgan fingerprint density at radius 1 is 1.10 bits per heavy atom. The van der Waals surface area contributed by atoms with Crippen molar-refractivity contribution in [2.75, 3.05) is 19.4 Å². The van der Waals surface area contributed by atoms with Crippen molar-refractivity contribution in [2.45, 2.75) is 43.9 Å². The second kappa shape index (κ2) is 9.62. The Balaban J connectivity index is 1.66. The van der Waals surface area contributed by atoms with Gasteiger partial charge in [-0.1, -0.05) is 25.5 Å². The predicted molar refractivity (Wildman–Crippen MR) is 124 cm³/mol. The number of carbonyl (C=O) groups excluding carboxylic acids is 1. The van der Waals surface area contributed by atoms with Crippen molar-refractivity contribution in [2.24, 2.45) is 7.05 Å². The standard InChI is InChI=1S/C23H30N4O3S/c1-5-6-7-17-8-10-18(11-9-17)24-23(28)15-14-22-25-20-16-19(31(29,30)26(2)3)12-13-21(20)27(22)4/h8-13,16H,5-7,14-15H2,1-4H3,(H,24,28). The largest absolute Gasteiger partial charge is 0.331 e. The van der Waals surface area contributed by atoms with Gasteiger partial charge in [-0.25, -0.2) is 17.7 Å². The molecule has 0 spiro atoms. The normalized spacial score (nSPS) is 11.9. The zero-order valence-corrected chi connectivity index (χ0v) is 19.4. The molecule has 0 aliphatic rings. The molecule has 2 aromatic carbocycles. The van der Waals surface area contributed by atoms with E-state index in [1.807, 2.05) is 23.7 Å². The second-order valence-corrected chi connectivity index (χ2v) is 10.0. The molecule has 0 saturated carbocycles. The van der Waals surface area contributed by atoms with Crippen molar-refractivity contribution in [3.8, 4) is 0 Å². The summed E-state index contributed by atoms with van der Waals surface area (Å²) in [6.07, 6.45) is 4.12. The van der Waals surface area contributed by atoms with Gasteiger partial charge in [-0.3, -0.25) is 4.79 Å². The van der Waals surface area contributed by atoms with Crippen LogP contribution in [-0.4, -0.2) is 42.3 Å². The number of unbranched alkanes of at least 4 members (excludes halogenated alkanes) is 1. The number of rotatable bonds is 9. The molecular weight excluding hydrogens is 412 g/mol. The summed E-state index contributed by atoms with van der Waals surface area (Å²) in [5.41, 5.74) is 3.49. The zero-order valence-electron chi connectivity index (χ0n) is 18.6. The monoisotopic (exact) mass is 442 g/mol. The Labute approximate surface area is 184 Å². The third kappa shape index (κ3) is 5.32. The quantitative estimate of drug-likeness (QED) is 0.547. The van der Waals surface area contributed by atoms with Gasteiger partial charge in [-0.15, -0.1) is 0 Å². The Bertz CT molecular complexity index is 1170. The zero-order chi connectivity index (χ0) is 22.6. The molecule has 3 rings (SSSR count). The minimum Gasteiger partial charge on any atom is -0.331 e. The fourth-order valence-electron chi connectivity index (χ4n) is 3.41. The van der Waals surface area contributed by atoms with Gasteiger partial charge in [-0.05, 0) is 48.7 Å². The molecule has 1 aromatic heterocycles. The topological polar surface area (TPSA) is 84.3 Å². The second-order valence-electron chi connectivity index (χ2n) is 7.87. The Kier molecular flexibility index (Phi) is 7.12. The average molecular weight is 443 g/mol. The Morgan fingerprint density at radius 3 is 2.45 bits per heavy atom. The number of aromatic nitrogens is 2. The number of carbonyl (C=O) groups is 1. The van der Waals surface area contributed by atoms with E-state index in [1.165, 1.54) is 24.0 Å². The summed E-state index contributed by atoms with van der Waals surface area (Å²) < 4.78 is 27.8. The van der Waals surface area contributed by atoms with Crippen molar-refractivity contribution in [3.05, 3.63) is 53.9 Å². The number of sulfonamides is 1. The van der Waals surface area contributed by atoms with Crippen molar-refractivity contribution >= 4 is 32.7 Å². The molecule has 0 bridgehead atoms. The number of amides is 1. The summed E-state index contributed by atoms with van der Waals surface area (Å²) in [4.78, 5) is 17.2. The molecule has 7 nitrogen and oxygen atoms in total. The predicted octanol–water partition coefficient (Wildman–Crippen LogP) is 3.74. The Hall–Kier alpha value is -2.71. The van der Waals surface area contributed by atoms with Crippen molar-refractivity contribution < 1.29 is 13.2 Å². The maximum Gasteiger partial charge on any atom is 0.242 e. The molecule has 0 aliphatic carbocycles. The first-order chi connectivity index (χ1) is 14.7. The number of aryl methyl sites for hydroxylation is 3. The van der Waals surface area contributed by atoms with Crippen LogP contribution in [0.2, 0.25) is 0 Å². The van der Waals surface area contributed by atoms with E-state index in [4.69, 9.17) is 0 Å². The van der Waals surface area contributed by atoms with Crippen molar-refractivity contribution in [1.82, 2.24) is 13.9 Å². The molecule has 0 aliphatic heterocycles. The van der Waals surface area contributed by atoms with Crippen molar-refractivity contribution in [3.63, 3.8) is 0 Å². The van der Waals surface area contributed by atoms with Gasteiger partial charge in [0.15, 0.2) is 0 Å². The van der Waals surface area contributed by atoms with Crippen LogP contribution >= 0.6 is 0 Å². The van der Waals surface area contributed by atoms with Gasteiger partial charge in [0, 0.05) is 39.7 Å². The molecular formula is C23H30N4O3S. The first-order valence-electron chi connectivity index (χ1n) is 10.5. The molecule has 1 N–H and O–H groups in total. The minimum atomic E-state index is -3.52. The highest BCUT2D eigenvalue weighted by atomic mass is 32.2. The van der Waals surface area contributed by atoms with Gasteiger partial charge < -0.3 is 9.88 Å². The number of nitrogens with zero attached hydrogens (tertiary/aromatic N) is 3. The highest BCUT2D eigenvalue weighted by Gasteiger charge is 2.19. The lowest BCUT2D eigenvalue weighted by molar-refractivity contribution is -0.116. The summed E-state index contributed by atoms with van der Waals surface area (Å²) in [6.45, 7) is 2.17. The summed E-state index contributed by atoms with van der Waals surface area (Å²) in [5, 5.41) is 2.93. The molecule has 166 valence electrons. The molecule has 0 fully saturated rings. The molecule has 31 heavy (non-hydrogen) atoms. The maximum atomic E-state index is 12.4. The summed E-state index contributed by atoms with van der Waals surface area (Å²) >= 11 is 0. The van der Waals surface area contributed by atoms with E-state index in [2.05, 4.69) is 29.4 Å². The van der Waals surface area contributed by atoms with Crippen LogP contribution in [0.5, 0.6) is 0 Å². The third-order valence-corrected chi connectivity index (χ3v) is 7.17. The van der Waals surface area contributed by atoms with Gasteiger partial charge >= 0.3 is 0 Å². The van der Waals surface area contributed by atoms with E-state index in [0.717, 1.165) is 36.3 Å². The lowest BCUT2D eigenvalue weighted by Gasteiger charge is -2.10.